The highest BCUT2D eigenvalue weighted by Gasteiger charge is 2.19. The number of aliphatic imine (C=N–C) groups is 1. The van der Waals surface area contributed by atoms with Crippen molar-refractivity contribution < 1.29 is 0 Å². The molecule has 82 valence electrons. The molecule has 2 heterocycles. The summed E-state index contributed by atoms with van der Waals surface area (Å²) in [6.07, 6.45) is 6.42. The molecule has 0 saturated carbocycles. The number of hydrogen-bond donors (Lipinski definition) is 0. The molecule has 0 aromatic rings. The molecule has 3 heteroatoms. The van der Waals surface area contributed by atoms with Gasteiger partial charge in [0.15, 0.2) is 0 Å². The standard InChI is InChI=1S/C12H18N2S/c1-3-14(4-2)12-9-11-10(5-7-13-12)6-8-15-11/h5,7H,3-4,6,8-9H2,1-2H3. The van der Waals surface area contributed by atoms with Crippen molar-refractivity contribution in [2.45, 2.75) is 26.7 Å². The monoisotopic (exact) mass is 222 g/mol. The van der Waals surface area contributed by atoms with Crippen LogP contribution in [-0.4, -0.2) is 29.6 Å². The van der Waals surface area contributed by atoms with E-state index >= 15 is 0 Å². The number of rotatable bonds is 2. The Kier molecular flexibility index (Phi) is 3.52. The van der Waals surface area contributed by atoms with Gasteiger partial charge in [0, 0.05) is 31.5 Å². The average Bonchev–Trinajstić information content (AvgIpc) is 2.59. The fourth-order valence-electron chi connectivity index (χ4n) is 2.04. The van der Waals surface area contributed by atoms with Gasteiger partial charge >= 0.3 is 0 Å². The van der Waals surface area contributed by atoms with Crippen molar-refractivity contribution in [1.82, 2.24) is 4.90 Å². The van der Waals surface area contributed by atoms with Crippen LogP contribution in [0, 0.1) is 0 Å². The molecule has 0 aromatic carbocycles. The quantitative estimate of drug-likeness (QED) is 0.713. The maximum atomic E-state index is 4.55. The summed E-state index contributed by atoms with van der Waals surface area (Å²) in [5, 5.41) is 0. The van der Waals surface area contributed by atoms with E-state index in [1.54, 1.807) is 0 Å². The van der Waals surface area contributed by atoms with Crippen LogP contribution in [-0.2, 0) is 0 Å². The molecule has 2 aliphatic heterocycles. The minimum Gasteiger partial charge on any atom is -0.360 e. The second-order valence-corrected chi connectivity index (χ2v) is 4.95. The summed E-state index contributed by atoms with van der Waals surface area (Å²) < 4.78 is 0. The molecule has 0 saturated heterocycles. The molecule has 15 heavy (non-hydrogen) atoms. The molecule has 2 nitrogen and oxygen atoms in total. The van der Waals surface area contributed by atoms with E-state index in [-0.39, 0.29) is 0 Å². The maximum Gasteiger partial charge on any atom is 0.109 e. The first kappa shape index (κ1) is 10.8. The molecule has 2 aliphatic rings. The zero-order valence-electron chi connectivity index (χ0n) is 9.49. The smallest absolute Gasteiger partial charge is 0.109 e. The van der Waals surface area contributed by atoms with Crippen LogP contribution < -0.4 is 0 Å². The van der Waals surface area contributed by atoms with Crippen LogP contribution in [0.25, 0.3) is 0 Å². The summed E-state index contributed by atoms with van der Waals surface area (Å²) in [7, 11) is 0. The molecule has 2 rings (SSSR count). The fraction of sp³-hybridized carbons (Fsp3) is 0.583. The predicted molar refractivity (Wildman–Crippen MR) is 68.2 cm³/mol. The van der Waals surface area contributed by atoms with Gasteiger partial charge in [0.05, 0.1) is 0 Å². The fourth-order valence-corrected chi connectivity index (χ4v) is 3.20. The molecule has 0 aromatic heterocycles. The third-order valence-electron chi connectivity index (χ3n) is 2.95. The van der Waals surface area contributed by atoms with E-state index in [0.29, 0.717) is 0 Å². The molecule has 0 unspecified atom stereocenters. The SMILES string of the molecule is CCN(CC)C1=NC=CC2=C(C1)SCC2. The number of nitrogens with zero attached hydrogens (tertiary/aromatic N) is 2. The molecule has 0 spiro atoms. The highest BCUT2D eigenvalue weighted by molar-refractivity contribution is 8.03. The summed E-state index contributed by atoms with van der Waals surface area (Å²) >= 11 is 2.00. The highest BCUT2D eigenvalue weighted by Crippen LogP contribution is 2.36. The van der Waals surface area contributed by atoms with Gasteiger partial charge in [-0.3, -0.25) is 0 Å². The van der Waals surface area contributed by atoms with Crippen molar-refractivity contribution in [3.05, 3.63) is 22.8 Å². The molecular formula is C12H18N2S. The average molecular weight is 222 g/mol. The summed E-state index contributed by atoms with van der Waals surface area (Å²) in [5.74, 6) is 2.48. The van der Waals surface area contributed by atoms with Crippen molar-refractivity contribution in [1.29, 1.82) is 0 Å². The van der Waals surface area contributed by atoms with Crippen LogP contribution in [0.1, 0.15) is 26.7 Å². The zero-order chi connectivity index (χ0) is 10.7. The molecule has 0 atom stereocenters. The molecule has 0 radical (unpaired) electrons. The summed E-state index contributed by atoms with van der Waals surface area (Å²) in [6.45, 7) is 6.49. The summed E-state index contributed by atoms with van der Waals surface area (Å²) in [5.41, 5.74) is 1.51. The van der Waals surface area contributed by atoms with Gasteiger partial charge in [0.1, 0.15) is 5.84 Å². The van der Waals surface area contributed by atoms with Crippen molar-refractivity contribution in [2.75, 3.05) is 18.8 Å². The highest BCUT2D eigenvalue weighted by atomic mass is 32.2. The number of allylic oxidation sites excluding steroid dienone is 2. The molecule has 0 fully saturated rings. The van der Waals surface area contributed by atoms with Crippen molar-refractivity contribution in [3.63, 3.8) is 0 Å². The Morgan fingerprint density at radius 3 is 2.93 bits per heavy atom. The van der Waals surface area contributed by atoms with E-state index in [1.807, 2.05) is 18.0 Å². The minimum absolute atomic E-state index is 1.04. The largest absolute Gasteiger partial charge is 0.360 e. The van der Waals surface area contributed by atoms with Crippen LogP contribution in [0.15, 0.2) is 27.7 Å². The Balaban J connectivity index is 2.16. The lowest BCUT2D eigenvalue weighted by atomic mass is 10.1. The van der Waals surface area contributed by atoms with Gasteiger partial charge in [-0.2, -0.15) is 0 Å². The number of thioether (sulfide) groups is 1. The van der Waals surface area contributed by atoms with Crippen molar-refractivity contribution in [3.8, 4) is 0 Å². The zero-order valence-corrected chi connectivity index (χ0v) is 10.3. The van der Waals surface area contributed by atoms with E-state index in [1.165, 1.54) is 28.5 Å². The van der Waals surface area contributed by atoms with E-state index in [9.17, 15) is 0 Å². The van der Waals surface area contributed by atoms with Gasteiger partial charge in [0.2, 0.25) is 0 Å². The van der Waals surface area contributed by atoms with Crippen LogP contribution >= 0.6 is 11.8 Å². The minimum atomic E-state index is 1.04. The van der Waals surface area contributed by atoms with Gasteiger partial charge in [-0.15, -0.1) is 11.8 Å². The molecular weight excluding hydrogens is 204 g/mol. The Morgan fingerprint density at radius 2 is 2.20 bits per heavy atom. The van der Waals surface area contributed by atoms with Gasteiger partial charge in [-0.25, -0.2) is 4.99 Å². The van der Waals surface area contributed by atoms with E-state index in [0.717, 1.165) is 19.5 Å². The maximum absolute atomic E-state index is 4.55. The first-order valence-electron chi connectivity index (χ1n) is 5.68. The second kappa shape index (κ2) is 4.88. The third-order valence-corrected chi connectivity index (χ3v) is 4.12. The predicted octanol–water partition coefficient (Wildman–Crippen LogP) is 3.04. The third kappa shape index (κ3) is 2.28. The van der Waals surface area contributed by atoms with Gasteiger partial charge in [0.25, 0.3) is 0 Å². The first-order valence-corrected chi connectivity index (χ1v) is 6.66. The van der Waals surface area contributed by atoms with Crippen LogP contribution in [0.3, 0.4) is 0 Å². The molecule has 0 N–H and O–H groups in total. The van der Waals surface area contributed by atoms with Gasteiger partial charge < -0.3 is 4.90 Å². The van der Waals surface area contributed by atoms with Gasteiger partial charge in [-0.1, -0.05) is 0 Å². The summed E-state index contributed by atoms with van der Waals surface area (Å²) in [4.78, 5) is 8.44. The lowest BCUT2D eigenvalue weighted by molar-refractivity contribution is 0.459. The number of amidine groups is 1. The topological polar surface area (TPSA) is 15.6 Å². The second-order valence-electron chi connectivity index (χ2n) is 3.76. The first-order chi connectivity index (χ1) is 7.35. The van der Waals surface area contributed by atoms with E-state index in [4.69, 9.17) is 0 Å². The Morgan fingerprint density at radius 1 is 1.40 bits per heavy atom. The Labute approximate surface area is 96.1 Å². The van der Waals surface area contributed by atoms with Crippen molar-refractivity contribution >= 4 is 17.6 Å². The Hall–Kier alpha value is -0.700. The normalized spacial score (nSPS) is 20.0. The van der Waals surface area contributed by atoms with Crippen LogP contribution in [0.4, 0.5) is 0 Å². The Bertz CT molecular complexity index is 325. The van der Waals surface area contributed by atoms with Gasteiger partial charge in [-0.05, 0) is 36.8 Å². The molecule has 0 amide bonds. The summed E-state index contributed by atoms with van der Waals surface area (Å²) in [6, 6.07) is 0. The van der Waals surface area contributed by atoms with E-state index in [2.05, 4.69) is 29.8 Å². The van der Waals surface area contributed by atoms with E-state index < -0.39 is 0 Å². The van der Waals surface area contributed by atoms with Crippen LogP contribution in [0.2, 0.25) is 0 Å². The molecule has 0 aliphatic carbocycles. The molecule has 0 bridgehead atoms. The number of hydrogen-bond acceptors (Lipinski definition) is 3. The lowest BCUT2D eigenvalue weighted by Gasteiger charge is -2.22. The lowest BCUT2D eigenvalue weighted by Crippen LogP contribution is -2.30. The van der Waals surface area contributed by atoms with Crippen LogP contribution in [0.5, 0.6) is 0 Å². The van der Waals surface area contributed by atoms with Crippen molar-refractivity contribution in [2.24, 2.45) is 4.99 Å².